The number of amides is 2. The fraction of sp³-hybridized carbons (Fsp3) is 0.167. The lowest BCUT2D eigenvalue weighted by Gasteiger charge is -2.18. The Bertz CT molecular complexity index is 835. The lowest BCUT2D eigenvalue weighted by molar-refractivity contribution is -0.115. The average molecular weight is 370 g/mol. The summed E-state index contributed by atoms with van der Waals surface area (Å²) >= 11 is 0.900. The SMILES string of the molecule is CN(CCOc1ccc(/C=C2/SC(=O)NC2=O)cc1)c1ccc(N)cn1. The molecule has 1 aromatic carbocycles. The number of thioether (sulfide) groups is 1. The van der Waals surface area contributed by atoms with Gasteiger partial charge in [-0.2, -0.15) is 0 Å². The highest BCUT2D eigenvalue weighted by atomic mass is 32.2. The summed E-state index contributed by atoms with van der Waals surface area (Å²) in [6, 6.07) is 11.0. The molecule has 1 aliphatic rings. The second kappa shape index (κ2) is 7.92. The summed E-state index contributed by atoms with van der Waals surface area (Å²) < 4.78 is 5.73. The van der Waals surface area contributed by atoms with E-state index in [2.05, 4.69) is 10.3 Å². The van der Waals surface area contributed by atoms with Crippen molar-refractivity contribution in [2.45, 2.75) is 0 Å². The normalized spacial score (nSPS) is 15.2. The predicted octanol–water partition coefficient (Wildman–Crippen LogP) is 2.50. The number of nitrogens with zero attached hydrogens (tertiary/aromatic N) is 2. The van der Waals surface area contributed by atoms with E-state index in [1.807, 2.05) is 48.3 Å². The third kappa shape index (κ3) is 4.54. The summed E-state index contributed by atoms with van der Waals surface area (Å²) in [5.74, 6) is 1.19. The van der Waals surface area contributed by atoms with E-state index in [0.717, 1.165) is 28.9 Å². The van der Waals surface area contributed by atoms with Gasteiger partial charge in [0.25, 0.3) is 11.1 Å². The van der Waals surface area contributed by atoms with Crippen LogP contribution in [0.3, 0.4) is 0 Å². The third-order valence-electron chi connectivity index (χ3n) is 3.68. The van der Waals surface area contributed by atoms with E-state index < -0.39 is 0 Å². The molecule has 0 radical (unpaired) electrons. The van der Waals surface area contributed by atoms with Gasteiger partial charge < -0.3 is 15.4 Å². The number of aromatic nitrogens is 1. The second-order valence-corrected chi connectivity index (χ2v) is 6.66. The number of carbonyl (C=O) groups is 2. The lowest BCUT2D eigenvalue weighted by Crippen LogP contribution is -2.24. The van der Waals surface area contributed by atoms with E-state index >= 15 is 0 Å². The van der Waals surface area contributed by atoms with Crippen molar-refractivity contribution < 1.29 is 14.3 Å². The van der Waals surface area contributed by atoms with Gasteiger partial charge in [-0.1, -0.05) is 12.1 Å². The topological polar surface area (TPSA) is 97.5 Å². The molecular formula is C18H18N4O3S. The van der Waals surface area contributed by atoms with Gasteiger partial charge in [-0.05, 0) is 47.7 Å². The zero-order valence-electron chi connectivity index (χ0n) is 14.1. The van der Waals surface area contributed by atoms with Crippen molar-refractivity contribution in [1.29, 1.82) is 0 Å². The predicted molar refractivity (Wildman–Crippen MR) is 103 cm³/mol. The molecule has 0 aliphatic carbocycles. The van der Waals surface area contributed by atoms with Crippen LogP contribution in [0.5, 0.6) is 5.75 Å². The number of hydrogen-bond acceptors (Lipinski definition) is 7. The van der Waals surface area contributed by atoms with Crippen LogP contribution in [0.15, 0.2) is 47.5 Å². The summed E-state index contributed by atoms with van der Waals surface area (Å²) in [4.78, 5) is 29.3. The van der Waals surface area contributed by atoms with E-state index in [-0.39, 0.29) is 11.1 Å². The molecule has 0 bridgehead atoms. The molecule has 1 aromatic heterocycles. The number of likely N-dealkylation sites (N-methyl/N-ethyl adjacent to an activating group) is 1. The fourth-order valence-corrected chi connectivity index (χ4v) is 2.95. The second-order valence-electron chi connectivity index (χ2n) is 5.64. The molecule has 2 heterocycles. The lowest BCUT2D eigenvalue weighted by atomic mass is 10.2. The van der Waals surface area contributed by atoms with Crippen LogP contribution in [0.2, 0.25) is 0 Å². The zero-order valence-corrected chi connectivity index (χ0v) is 15.0. The van der Waals surface area contributed by atoms with Crippen molar-refractivity contribution in [2.75, 3.05) is 30.8 Å². The number of nitrogen functional groups attached to an aromatic ring is 1. The molecule has 2 amide bonds. The zero-order chi connectivity index (χ0) is 18.5. The molecule has 0 unspecified atom stereocenters. The van der Waals surface area contributed by atoms with Crippen molar-refractivity contribution >= 4 is 40.5 Å². The Kier molecular flexibility index (Phi) is 5.43. The van der Waals surface area contributed by atoms with Gasteiger partial charge in [-0.3, -0.25) is 14.9 Å². The quantitative estimate of drug-likeness (QED) is 0.754. The number of imide groups is 1. The molecule has 0 spiro atoms. The molecule has 0 atom stereocenters. The summed E-state index contributed by atoms with van der Waals surface area (Å²) in [5.41, 5.74) is 7.09. The third-order valence-corrected chi connectivity index (χ3v) is 4.49. The maximum Gasteiger partial charge on any atom is 0.290 e. The van der Waals surface area contributed by atoms with Crippen molar-refractivity contribution in [3.63, 3.8) is 0 Å². The van der Waals surface area contributed by atoms with E-state index in [4.69, 9.17) is 10.5 Å². The Morgan fingerprint density at radius 2 is 2.00 bits per heavy atom. The maximum absolute atomic E-state index is 11.5. The summed E-state index contributed by atoms with van der Waals surface area (Å²) in [6.07, 6.45) is 3.30. The largest absolute Gasteiger partial charge is 0.492 e. The van der Waals surface area contributed by atoms with E-state index in [9.17, 15) is 9.59 Å². The number of nitrogens with one attached hydrogen (secondary N) is 1. The fourth-order valence-electron chi connectivity index (χ4n) is 2.27. The van der Waals surface area contributed by atoms with Crippen LogP contribution in [0.1, 0.15) is 5.56 Å². The molecule has 1 fully saturated rings. The minimum Gasteiger partial charge on any atom is -0.492 e. The Balaban J connectivity index is 1.51. The minimum atomic E-state index is -0.361. The number of rotatable bonds is 6. The smallest absolute Gasteiger partial charge is 0.290 e. The van der Waals surface area contributed by atoms with Gasteiger partial charge in [-0.15, -0.1) is 0 Å². The average Bonchev–Trinajstić information content (AvgIpc) is 2.94. The van der Waals surface area contributed by atoms with Crippen LogP contribution in [0.4, 0.5) is 16.3 Å². The molecule has 3 rings (SSSR count). The molecular weight excluding hydrogens is 352 g/mol. The number of anilines is 2. The minimum absolute atomic E-state index is 0.346. The Labute approximate surface area is 155 Å². The van der Waals surface area contributed by atoms with Gasteiger partial charge in [0.2, 0.25) is 0 Å². The van der Waals surface area contributed by atoms with Gasteiger partial charge >= 0.3 is 0 Å². The van der Waals surface area contributed by atoms with Gasteiger partial charge in [-0.25, -0.2) is 4.98 Å². The maximum atomic E-state index is 11.5. The molecule has 26 heavy (non-hydrogen) atoms. The number of pyridine rings is 1. The first-order valence-electron chi connectivity index (χ1n) is 7.91. The van der Waals surface area contributed by atoms with Crippen molar-refractivity contribution in [1.82, 2.24) is 10.3 Å². The van der Waals surface area contributed by atoms with Crippen LogP contribution in [0, 0.1) is 0 Å². The Morgan fingerprint density at radius 1 is 1.23 bits per heavy atom. The Morgan fingerprint density at radius 3 is 2.62 bits per heavy atom. The molecule has 8 heteroatoms. The molecule has 1 saturated heterocycles. The summed E-state index contributed by atoms with van der Waals surface area (Å²) in [5, 5.41) is 1.88. The van der Waals surface area contributed by atoms with Crippen LogP contribution in [-0.2, 0) is 4.79 Å². The molecule has 3 N–H and O–H groups in total. The number of carbonyl (C=O) groups excluding carboxylic acids is 2. The molecule has 0 saturated carbocycles. The van der Waals surface area contributed by atoms with Gasteiger partial charge in [0.15, 0.2) is 0 Å². The van der Waals surface area contributed by atoms with Crippen molar-refractivity contribution in [3.05, 3.63) is 53.1 Å². The van der Waals surface area contributed by atoms with E-state index in [1.165, 1.54) is 0 Å². The highest BCUT2D eigenvalue weighted by Gasteiger charge is 2.24. The Hall–Kier alpha value is -3.00. The standard InChI is InChI=1S/C18H18N4O3S/c1-22(16-7-4-13(19)11-20-16)8-9-25-14-5-2-12(3-6-14)10-15-17(23)21-18(24)26-15/h2-7,10-11H,8-9,19H2,1H3,(H,21,23,24)/b15-10+. The van der Waals surface area contributed by atoms with Crippen LogP contribution < -0.4 is 20.7 Å². The number of hydrogen-bond donors (Lipinski definition) is 2. The van der Waals surface area contributed by atoms with Gasteiger partial charge in [0, 0.05) is 7.05 Å². The van der Waals surface area contributed by atoms with Crippen molar-refractivity contribution in [3.8, 4) is 5.75 Å². The van der Waals surface area contributed by atoms with Gasteiger partial charge in [0.05, 0.1) is 23.3 Å². The van der Waals surface area contributed by atoms with E-state index in [0.29, 0.717) is 23.7 Å². The highest BCUT2D eigenvalue weighted by molar-refractivity contribution is 8.18. The number of nitrogens with two attached hydrogens (primary N) is 1. The van der Waals surface area contributed by atoms with Crippen LogP contribution in [0.25, 0.3) is 6.08 Å². The van der Waals surface area contributed by atoms with Gasteiger partial charge in [0.1, 0.15) is 18.2 Å². The van der Waals surface area contributed by atoms with E-state index in [1.54, 1.807) is 12.3 Å². The molecule has 7 nitrogen and oxygen atoms in total. The number of benzene rings is 1. The van der Waals surface area contributed by atoms with Crippen LogP contribution >= 0.6 is 11.8 Å². The molecule has 1 aliphatic heterocycles. The monoisotopic (exact) mass is 370 g/mol. The first kappa shape index (κ1) is 17.8. The first-order valence-corrected chi connectivity index (χ1v) is 8.73. The summed E-state index contributed by atoms with van der Waals surface area (Å²) in [7, 11) is 1.93. The summed E-state index contributed by atoms with van der Waals surface area (Å²) in [6.45, 7) is 1.16. The van der Waals surface area contributed by atoms with Crippen molar-refractivity contribution in [2.24, 2.45) is 0 Å². The number of ether oxygens (including phenoxy) is 1. The van der Waals surface area contributed by atoms with Crippen LogP contribution in [-0.4, -0.2) is 36.3 Å². The highest BCUT2D eigenvalue weighted by Crippen LogP contribution is 2.26. The molecule has 134 valence electrons. The first-order chi connectivity index (χ1) is 12.5. The molecule has 2 aromatic rings.